The van der Waals surface area contributed by atoms with Crippen LogP contribution in [0.4, 0.5) is 11.5 Å². The number of Topliss-reactive ketones (excluding diaryl/α,β-unsaturated/α-hetero) is 1. The number of nitrogens with two attached hydrogens (primary N) is 1. The number of ketones is 1. The first-order valence-corrected chi connectivity index (χ1v) is 5.71. The molecule has 92 valence electrons. The number of H-pyrrole nitrogens is 1. The summed E-state index contributed by atoms with van der Waals surface area (Å²) in [5, 5.41) is 0. The number of carbonyl (C=O) groups excluding carboxylic acids is 1. The number of aromatic amines is 1. The Hall–Kier alpha value is -1.85. The topological polar surface area (TPSA) is 92.1 Å². The first-order chi connectivity index (χ1) is 8.11. The predicted octanol–water partition coefficient (Wildman–Crippen LogP) is 0.300. The molecule has 0 radical (unpaired) electrons. The van der Waals surface area contributed by atoms with Gasteiger partial charge in [0, 0.05) is 6.54 Å². The number of nitrogen functional groups attached to an aromatic ring is 1. The van der Waals surface area contributed by atoms with Crippen LogP contribution in [0.25, 0.3) is 0 Å². The maximum Gasteiger partial charge on any atom is 0.276 e. The molecule has 2 rings (SSSR count). The van der Waals surface area contributed by atoms with Gasteiger partial charge in [-0.2, -0.15) is 0 Å². The molecule has 1 saturated heterocycles. The molecule has 2 heterocycles. The number of carbonyl (C=O) groups is 1. The molecule has 1 unspecified atom stereocenters. The monoisotopic (exact) mass is 236 g/mol. The lowest BCUT2D eigenvalue weighted by Crippen LogP contribution is -2.45. The summed E-state index contributed by atoms with van der Waals surface area (Å²) in [4.78, 5) is 31.4. The van der Waals surface area contributed by atoms with Crippen molar-refractivity contribution in [3.63, 3.8) is 0 Å². The van der Waals surface area contributed by atoms with Crippen LogP contribution in [-0.2, 0) is 4.79 Å². The normalized spacial score (nSPS) is 20.3. The van der Waals surface area contributed by atoms with Crippen molar-refractivity contribution < 1.29 is 4.79 Å². The lowest BCUT2D eigenvalue weighted by atomic mass is 9.99. The van der Waals surface area contributed by atoms with Gasteiger partial charge in [-0.1, -0.05) is 0 Å². The number of rotatable bonds is 2. The van der Waals surface area contributed by atoms with Gasteiger partial charge in [0.05, 0.1) is 12.4 Å². The highest BCUT2D eigenvalue weighted by atomic mass is 16.1. The zero-order valence-electron chi connectivity index (χ0n) is 9.77. The molecular formula is C11H16N4O2. The number of piperidine rings is 1. The van der Waals surface area contributed by atoms with Crippen molar-refractivity contribution in [2.75, 3.05) is 17.2 Å². The molecule has 1 aliphatic rings. The van der Waals surface area contributed by atoms with Gasteiger partial charge in [0.15, 0.2) is 11.6 Å². The average molecular weight is 236 g/mol. The molecule has 1 aliphatic heterocycles. The molecule has 6 heteroatoms. The molecule has 1 atom stereocenters. The first kappa shape index (κ1) is 11.6. The standard InChI is InChI=1S/C11H16N4O2/c1-7(16)8-4-2-3-5-15(8)10-9(12)11(17)14-6-13-10/h6,8H,2-5,12H2,1H3,(H,13,14,17). The van der Waals surface area contributed by atoms with Crippen LogP contribution < -0.4 is 16.2 Å². The molecule has 0 aromatic carbocycles. The van der Waals surface area contributed by atoms with Crippen LogP contribution in [-0.4, -0.2) is 28.3 Å². The second-order valence-electron chi connectivity index (χ2n) is 4.28. The van der Waals surface area contributed by atoms with Gasteiger partial charge in [-0.05, 0) is 26.2 Å². The lowest BCUT2D eigenvalue weighted by Gasteiger charge is -2.35. The number of aromatic nitrogens is 2. The fourth-order valence-corrected chi connectivity index (χ4v) is 2.24. The van der Waals surface area contributed by atoms with Crippen LogP contribution in [0.5, 0.6) is 0 Å². The fourth-order valence-electron chi connectivity index (χ4n) is 2.24. The van der Waals surface area contributed by atoms with E-state index in [4.69, 9.17) is 5.73 Å². The van der Waals surface area contributed by atoms with Crippen molar-refractivity contribution in [3.05, 3.63) is 16.7 Å². The van der Waals surface area contributed by atoms with Crippen molar-refractivity contribution in [2.24, 2.45) is 0 Å². The van der Waals surface area contributed by atoms with Crippen molar-refractivity contribution >= 4 is 17.3 Å². The number of hydrogen-bond donors (Lipinski definition) is 2. The summed E-state index contributed by atoms with van der Waals surface area (Å²) >= 11 is 0. The number of hydrogen-bond acceptors (Lipinski definition) is 5. The summed E-state index contributed by atoms with van der Waals surface area (Å²) in [6.07, 6.45) is 4.12. The molecule has 17 heavy (non-hydrogen) atoms. The van der Waals surface area contributed by atoms with Crippen molar-refractivity contribution in [1.82, 2.24) is 9.97 Å². The van der Waals surface area contributed by atoms with E-state index < -0.39 is 0 Å². The van der Waals surface area contributed by atoms with E-state index in [1.165, 1.54) is 6.33 Å². The Balaban J connectivity index is 2.39. The van der Waals surface area contributed by atoms with E-state index in [-0.39, 0.29) is 23.1 Å². The number of nitrogens with zero attached hydrogens (tertiary/aromatic N) is 2. The Labute approximate surface area is 98.8 Å². The van der Waals surface area contributed by atoms with Crippen LogP contribution >= 0.6 is 0 Å². The minimum Gasteiger partial charge on any atom is -0.391 e. The van der Waals surface area contributed by atoms with Crippen molar-refractivity contribution in [2.45, 2.75) is 32.2 Å². The van der Waals surface area contributed by atoms with E-state index in [1.54, 1.807) is 6.92 Å². The Morgan fingerprint density at radius 1 is 1.59 bits per heavy atom. The zero-order chi connectivity index (χ0) is 12.4. The van der Waals surface area contributed by atoms with E-state index >= 15 is 0 Å². The Bertz CT molecular complexity index is 483. The van der Waals surface area contributed by atoms with E-state index in [0.717, 1.165) is 19.3 Å². The molecule has 6 nitrogen and oxygen atoms in total. The van der Waals surface area contributed by atoms with Gasteiger partial charge in [-0.3, -0.25) is 9.59 Å². The molecule has 0 saturated carbocycles. The molecule has 1 aromatic rings. The second-order valence-corrected chi connectivity index (χ2v) is 4.28. The molecular weight excluding hydrogens is 220 g/mol. The van der Waals surface area contributed by atoms with Crippen LogP contribution in [0, 0.1) is 0 Å². The van der Waals surface area contributed by atoms with Crippen LogP contribution in [0.15, 0.2) is 11.1 Å². The minimum atomic E-state index is -0.358. The summed E-state index contributed by atoms with van der Waals surface area (Å²) in [5.41, 5.74) is 5.44. The lowest BCUT2D eigenvalue weighted by molar-refractivity contribution is -0.118. The van der Waals surface area contributed by atoms with Gasteiger partial charge < -0.3 is 15.6 Å². The van der Waals surface area contributed by atoms with Crippen LogP contribution in [0.3, 0.4) is 0 Å². The van der Waals surface area contributed by atoms with Crippen LogP contribution in [0.2, 0.25) is 0 Å². The van der Waals surface area contributed by atoms with E-state index in [9.17, 15) is 9.59 Å². The van der Waals surface area contributed by atoms with Gasteiger partial charge in [-0.15, -0.1) is 0 Å². The SMILES string of the molecule is CC(=O)C1CCCCN1c1nc[nH]c(=O)c1N. The van der Waals surface area contributed by atoms with Gasteiger partial charge in [0.1, 0.15) is 5.69 Å². The molecule has 1 fully saturated rings. The largest absolute Gasteiger partial charge is 0.391 e. The fraction of sp³-hybridized carbons (Fsp3) is 0.545. The highest BCUT2D eigenvalue weighted by molar-refractivity contribution is 5.85. The Morgan fingerprint density at radius 3 is 3.06 bits per heavy atom. The predicted molar refractivity (Wildman–Crippen MR) is 64.9 cm³/mol. The molecule has 0 aliphatic carbocycles. The second kappa shape index (κ2) is 4.57. The first-order valence-electron chi connectivity index (χ1n) is 5.71. The number of nitrogens with one attached hydrogen (secondary N) is 1. The average Bonchev–Trinajstić information content (AvgIpc) is 2.33. The zero-order valence-corrected chi connectivity index (χ0v) is 9.77. The Morgan fingerprint density at radius 2 is 2.35 bits per heavy atom. The van der Waals surface area contributed by atoms with Gasteiger partial charge >= 0.3 is 0 Å². The van der Waals surface area contributed by atoms with Gasteiger partial charge in [0.25, 0.3) is 5.56 Å². The van der Waals surface area contributed by atoms with Crippen molar-refractivity contribution in [1.29, 1.82) is 0 Å². The summed E-state index contributed by atoms with van der Waals surface area (Å²) in [6.45, 7) is 2.28. The third-order valence-corrected chi connectivity index (χ3v) is 3.11. The van der Waals surface area contributed by atoms with E-state index in [0.29, 0.717) is 12.4 Å². The van der Waals surface area contributed by atoms with Crippen molar-refractivity contribution in [3.8, 4) is 0 Å². The smallest absolute Gasteiger partial charge is 0.276 e. The summed E-state index contributed by atoms with van der Waals surface area (Å²) in [6, 6.07) is -0.208. The molecule has 1 aromatic heterocycles. The summed E-state index contributed by atoms with van der Waals surface area (Å²) < 4.78 is 0. The maximum absolute atomic E-state index is 11.6. The third kappa shape index (κ3) is 2.15. The maximum atomic E-state index is 11.6. The summed E-state index contributed by atoms with van der Waals surface area (Å²) in [7, 11) is 0. The minimum absolute atomic E-state index is 0.0839. The van der Waals surface area contributed by atoms with Crippen LogP contribution in [0.1, 0.15) is 26.2 Å². The molecule has 0 bridgehead atoms. The molecule has 3 N–H and O–H groups in total. The number of anilines is 2. The quantitative estimate of drug-likeness (QED) is 0.770. The highest BCUT2D eigenvalue weighted by Crippen LogP contribution is 2.25. The van der Waals surface area contributed by atoms with Gasteiger partial charge in [-0.25, -0.2) is 4.98 Å². The van der Waals surface area contributed by atoms with E-state index in [2.05, 4.69) is 9.97 Å². The summed E-state index contributed by atoms with van der Waals surface area (Å²) in [5.74, 6) is 0.514. The third-order valence-electron chi connectivity index (χ3n) is 3.11. The molecule has 0 spiro atoms. The van der Waals surface area contributed by atoms with E-state index in [1.807, 2.05) is 4.90 Å². The molecule has 0 amide bonds. The highest BCUT2D eigenvalue weighted by Gasteiger charge is 2.28. The Kier molecular flexibility index (Phi) is 3.12. The van der Waals surface area contributed by atoms with Gasteiger partial charge in [0.2, 0.25) is 0 Å².